The van der Waals surface area contributed by atoms with Crippen LogP contribution in [0.4, 0.5) is 0 Å². The van der Waals surface area contributed by atoms with Crippen LogP contribution in [0.1, 0.15) is 35.6 Å². The molecule has 0 atom stereocenters. The summed E-state index contributed by atoms with van der Waals surface area (Å²) in [5, 5.41) is 2.81. The summed E-state index contributed by atoms with van der Waals surface area (Å²) in [6.07, 6.45) is 6.57. The van der Waals surface area contributed by atoms with E-state index in [0.29, 0.717) is 6.54 Å². The van der Waals surface area contributed by atoms with Crippen LogP contribution in [-0.2, 0) is 25.7 Å². The van der Waals surface area contributed by atoms with E-state index in [0.717, 1.165) is 35.6 Å². The molecule has 2 heterocycles. The number of esters is 1. The summed E-state index contributed by atoms with van der Waals surface area (Å²) < 4.78 is 12.5. The highest BCUT2D eigenvalue weighted by molar-refractivity contribution is 5.90. The van der Waals surface area contributed by atoms with Gasteiger partial charge in [0.1, 0.15) is 5.76 Å². The van der Waals surface area contributed by atoms with Crippen molar-refractivity contribution < 1.29 is 23.5 Å². The van der Waals surface area contributed by atoms with E-state index in [4.69, 9.17) is 9.15 Å². The zero-order valence-corrected chi connectivity index (χ0v) is 17.5. The van der Waals surface area contributed by atoms with Crippen LogP contribution in [0.2, 0.25) is 0 Å². The molecule has 1 saturated carbocycles. The van der Waals surface area contributed by atoms with Crippen LogP contribution < -0.4 is 5.32 Å². The molecule has 8 nitrogen and oxygen atoms in total. The number of ether oxygens (including phenoxy) is 1. The second kappa shape index (κ2) is 9.47. The average Bonchev–Trinajstić information content (AvgIpc) is 3.28. The van der Waals surface area contributed by atoms with E-state index in [2.05, 4.69) is 9.88 Å². The van der Waals surface area contributed by atoms with Gasteiger partial charge in [0.25, 0.3) is 5.91 Å². The normalized spacial score (nSPS) is 13.4. The monoisotopic (exact) mass is 413 g/mol. The van der Waals surface area contributed by atoms with E-state index in [9.17, 15) is 14.4 Å². The number of rotatable bonds is 9. The van der Waals surface area contributed by atoms with Gasteiger partial charge in [-0.2, -0.15) is 0 Å². The Labute approximate surface area is 175 Å². The third-order valence-electron chi connectivity index (χ3n) is 4.99. The van der Waals surface area contributed by atoms with Gasteiger partial charge < -0.3 is 23.9 Å². The molecule has 160 valence electrons. The Morgan fingerprint density at radius 3 is 2.77 bits per heavy atom. The van der Waals surface area contributed by atoms with Crippen LogP contribution in [0, 0.1) is 13.8 Å². The largest absolute Gasteiger partial charge is 0.467 e. The molecule has 0 radical (unpaired) electrons. The fourth-order valence-electron chi connectivity index (χ4n) is 3.05. The van der Waals surface area contributed by atoms with Crippen molar-refractivity contribution in [3.8, 4) is 0 Å². The second-order valence-electron chi connectivity index (χ2n) is 7.52. The Bertz CT molecular complexity index is 938. The number of nitrogens with zero attached hydrogens (tertiary/aromatic N) is 2. The Hall–Kier alpha value is -3.29. The van der Waals surface area contributed by atoms with E-state index in [1.807, 2.05) is 32.0 Å². The summed E-state index contributed by atoms with van der Waals surface area (Å²) in [6.45, 7) is 4.10. The molecule has 0 saturated heterocycles. The van der Waals surface area contributed by atoms with Crippen molar-refractivity contribution in [2.24, 2.45) is 0 Å². The van der Waals surface area contributed by atoms with Crippen molar-refractivity contribution in [2.45, 2.75) is 39.3 Å². The molecule has 30 heavy (non-hydrogen) atoms. The SMILES string of the molecule is Cc1cc(/C=C/C(=O)OCC(=O)N(C)CC(=O)NC2CC2)c(C)n1Cc1ccco1. The van der Waals surface area contributed by atoms with Gasteiger partial charge in [0.15, 0.2) is 6.61 Å². The molecule has 2 amide bonds. The van der Waals surface area contributed by atoms with Crippen LogP contribution in [0.15, 0.2) is 35.0 Å². The van der Waals surface area contributed by atoms with Gasteiger partial charge in [-0.25, -0.2) is 4.79 Å². The van der Waals surface area contributed by atoms with Crippen molar-refractivity contribution >= 4 is 23.9 Å². The number of likely N-dealkylation sites (N-methyl/N-ethyl adjacent to an activating group) is 1. The van der Waals surface area contributed by atoms with Crippen molar-refractivity contribution in [1.82, 2.24) is 14.8 Å². The Morgan fingerprint density at radius 1 is 1.33 bits per heavy atom. The first-order valence-electron chi connectivity index (χ1n) is 9.90. The smallest absolute Gasteiger partial charge is 0.331 e. The number of hydrogen-bond acceptors (Lipinski definition) is 5. The standard InChI is InChI=1S/C22H27N3O5/c1-15-11-17(16(2)25(15)12-19-5-4-10-29-19)6-9-22(28)30-14-21(27)24(3)13-20(26)23-18-7-8-18/h4-6,9-11,18H,7-8,12-14H2,1-3H3,(H,23,26)/b9-6+. The molecule has 2 aromatic heterocycles. The average molecular weight is 413 g/mol. The fraction of sp³-hybridized carbons (Fsp3) is 0.409. The van der Waals surface area contributed by atoms with E-state index in [1.54, 1.807) is 12.3 Å². The maximum absolute atomic E-state index is 12.0. The highest BCUT2D eigenvalue weighted by Gasteiger charge is 2.24. The number of furan rings is 1. The molecule has 1 N–H and O–H groups in total. The molecular weight excluding hydrogens is 386 g/mol. The maximum atomic E-state index is 12.0. The van der Waals surface area contributed by atoms with Gasteiger partial charge in [0.05, 0.1) is 19.4 Å². The third-order valence-corrected chi connectivity index (χ3v) is 4.99. The van der Waals surface area contributed by atoms with Gasteiger partial charge in [0, 0.05) is 30.6 Å². The fourth-order valence-corrected chi connectivity index (χ4v) is 3.05. The summed E-state index contributed by atoms with van der Waals surface area (Å²) in [7, 11) is 1.51. The topological polar surface area (TPSA) is 93.8 Å². The summed E-state index contributed by atoms with van der Waals surface area (Å²) in [5.74, 6) is -0.404. The van der Waals surface area contributed by atoms with Crippen LogP contribution in [-0.4, -0.2) is 53.5 Å². The van der Waals surface area contributed by atoms with Crippen LogP contribution in [0.25, 0.3) is 6.08 Å². The first-order chi connectivity index (χ1) is 14.3. The number of hydrogen-bond donors (Lipinski definition) is 1. The van der Waals surface area contributed by atoms with Crippen LogP contribution in [0.5, 0.6) is 0 Å². The zero-order chi connectivity index (χ0) is 21.7. The Kier molecular flexibility index (Phi) is 6.76. The molecule has 0 spiro atoms. The predicted molar refractivity (Wildman–Crippen MR) is 111 cm³/mol. The van der Waals surface area contributed by atoms with Gasteiger partial charge in [0.2, 0.25) is 5.91 Å². The molecule has 3 rings (SSSR count). The highest BCUT2D eigenvalue weighted by Crippen LogP contribution is 2.19. The van der Waals surface area contributed by atoms with E-state index >= 15 is 0 Å². The zero-order valence-electron chi connectivity index (χ0n) is 17.5. The lowest BCUT2D eigenvalue weighted by molar-refractivity contribution is -0.148. The lowest BCUT2D eigenvalue weighted by Gasteiger charge is -2.16. The minimum atomic E-state index is -0.616. The number of aromatic nitrogens is 1. The molecule has 0 aliphatic heterocycles. The molecule has 8 heteroatoms. The van der Waals surface area contributed by atoms with E-state index < -0.39 is 18.5 Å². The van der Waals surface area contributed by atoms with Gasteiger partial charge in [-0.05, 0) is 56.5 Å². The third kappa shape index (κ3) is 5.85. The molecule has 0 unspecified atom stereocenters. The van der Waals surface area contributed by atoms with Gasteiger partial charge in [-0.1, -0.05) is 0 Å². The minimum Gasteiger partial charge on any atom is -0.467 e. The predicted octanol–water partition coefficient (Wildman–Crippen LogP) is 2.04. The molecule has 1 fully saturated rings. The highest BCUT2D eigenvalue weighted by atomic mass is 16.5. The minimum absolute atomic E-state index is 0.0512. The van der Waals surface area contributed by atoms with Crippen molar-refractivity contribution in [3.05, 3.63) is 53.2 Å². The first-order valence-corrected chi connectivity index (χ1v) is 9.90. The van der Waals surface area contributed by atoms with Crippen molar-refractivity contribution in [1.29, 1.82) is 0 Å². The molecule has 1 aliphatic rings. The van der Waals surface area contributed by atoms with E-state index in [-0.39, 0.29) is 18.5 Å². The quantitative estimate of drug-likeness (QED) is 0.502. The second-order valence-corrected chi connectivity index (χ2v) is 7.52. The van der Waals surface area contributed by atoms with E-state index in [1.165, 1.54) is 18.0 Å². The number of carbonyl (C=O) groups is 3. The number of amides is 2. The lowest BCUT2D eigenvalue weighted by Crippen LogP contribution is -2.40. The van der Waals surface area contributed by atoms with Crippen molar-refractivity contribution in [2.75, 3.05) is 20.2 Å². The van der Waals surface area contributed by atoms with Crippen molar-refractivity contribution in [3.63, 3.8) is 0 Å². The number of carbonyl (C=O) groups excluding carboxylic acids is 3. The molecule has 1 aliphatic carbocycles. The summed E-state index contributed by atoms with van der Waals surface area (Å²) in [6, 6.07) is 5.97. The van der Waals surface area contributed by atoms with Gasteiger partial charge >= 0.3 is 5.97 Å². The van der Waals surface area contributed by atoms with Gasteiger partial charge in [-0.15, -0.1) is 0 Å². The summed E-state index contributed by atoms with van der Waals surface area (Å²) in [4.78, 5) is 37.0. The molecule has 2 aromatic rings. The van der Waals surface area contributed by atoms with Gasteiger partial charge in [-0.3, -0.25) is 9.59 Å². The number of aryl methyl sites for hydroxylation is 1. The lowest BCUT2D eigenvalue weighted by atomic mass is 10.2. The molecule has 0 bridgehead atoms. The first kappa shape index (κ1) is 21.4. The maximum Gasteiger partial charge on any atom is 0.331 e. The van der Waals surface area contributed by atoms with Crippen LogP contribution >= 0.6 is 0 Å². The summed E-state index contributed by atoms with van der Waals surface area (Å²) >= 11 is 0. The van der Waals surface area contributed by atoms with Crippen LogP contribution in [0.3, 0.4) is 0 Å². The number of nitrogens with one attached hydrogen (secondary N) is 1. The molecule has 0 aromatic carbocycles. The molecular formula is C22H27N3O5. The Balaban J connectivity index is 1.48. The summed E-state index contributed by atoms with van der Waals surface area (Å²) in [5.41, 5.74) is 2.92. The Morgan fingerprint density at radius 2 is 2.10 bits per heavy atom.